The number of carbonyl (C=O) groups is 3. The average Bonchev–Trinajstić information content (AvgIpc) is 3.34. The number of carbonyl (C=O) groups excluding carboxylic acids is 3. The molecule has 0 aliphatic rings. The second-order valence-corrected chi connectivity index (χ2v) is 18.1. The van der Waals surface area contributed by atoms with Gasteiger partial charge in [-0.05, 0) is 122 Å². The van der Waals surface area contributed by atoms with Gasteiger partial charge >= 0.3 is 17.9 Å². The van der Waals surface area contributed by atoms with E-state index in [9.17, 15) is 14.4 Å². The third-order valence-electron chi connectivity index (χ3n) is 11.5. The molecule has 386 valence electrons. The first kappa shape index (κ1) is 64.1. The van der Waals surface area contributed by atoms with E-state index in [4.69, 9.17) is 14.2 Å². The van der Waals surface area contributed by atoms with Crippen molar-refractivity contribution in [2.45, 2.75) is 252 Å². The van der Waals surface area contributed by atoms with Gasteiger partial charge in [0.2, 0.25) is 0 Å². The van der Waals surface area contributed by atoms with Crippen molar-refractivity contribution >= 4 is 17.9 Å². The largest absolute Gasteiger partial charge is 0.462 e. The molecule has 0 aromatic carbocycles. The fourth-order valence-electron chi connectivity index (χ4n) is 7.30. The fraction of sp³-hybridized carbons (Fsp3) is 0.661. The van der Waals surface area contributed by atoms with Gasteiger partial charge in [0.25, 0.3) is 0 Å². The van der Waals surface area contributed by atoms with E-state index in [1.165, 1.54) is 83.5 Å². The van der Waals surface area contributed by atoms with E-state index in [0.29, 0.717) is 19.3 Å². The summed E-state index contributed by atoms with van der Waals surface area (Å²) in [4.78, 5) is 38.0. The molecule has 0 aromatic heterocycles. The van der Waals surface area contributed by atoms with Crippen molar-refractivity contribution in [3.05, 3.63) is 109 Å². The van der Waals surface area contributed by atoms with Gasteiger partial charge in [0.15, 0.2) is 6.10 Å². The maximum Gasteiger partial charge on any atom is 0.306 e. The van der Waals surface area contributed by atoms with Crippen LogP contribution in [-0.4, -0.2) is 37.2 Å². The van der Waals surface area contributed by atoms with E-state index in [-0.39, 0.29) is 37.5 Å². The summed E-state index contributed by atoms with van der Waals surface area (Å²) in [6.45, 7) is 6.43. The SMILES string of the molecule is CC/C=C\C/C=C\C/C=C\C/C=C\C/C=C\C/C=C\C/C=C\CCCC(=O)OCC(COC(=O)CCCCCCC/C=C\CCCCC)OC(=O)CCCCCCC/C=C\CCCCCCCC. The zero-order valence-corrected chi connectivity index (χ0v) is 44.1. The van der Waals surface area contributed by atoms with Crippen LogP contribution in [0.4, 0.5) is 0 Å². The maximum absolute atomic E-state index is 12.8. The normalized spacial score (nSPS) is 12.9. The van der Waals surface area contributed by atoms with Crippen LogP contribution >= 0.6 is 0 Å². The Bertz CT molecular complexity index is 1410. The first-order valence-corrected chi connectivity index (χ1v) is 27.9. The van der Waals surface area contributed by atoms with Crippen LogP contribution in [-0.2, 0) is 28.6 Å². The highest BCUT2D eigenvalue weighted by atomic mass is 16.6. The van der Waals surface area contributed by atoms with Crippen LogP contribution in [0.1, 0.15) is 245 Å². The van der Waals surface area contributed by atoms with Crippen molar-refractivity contribution in [3.8, 4) is 0 Å². The lowest BCUT2D eigenvalue weighted by Crippen LogP contribution is -2.30. The number of hydrogen-bond donors (Lipinski definition) is 0. The van der Waals surface area contributed by atoms with Crippen molar-refractivity contribution in [1.29, 1.82) is 0 Å². The van der Waals surface area contributed by atoms with Crippen LogP contribution in [0.2, 0.25) is 0 Å². The van der Waals surface area contributed by atoms with Crippen LogP contribution in [0.5, 0.6) is 0 Å². The van der Waals surface area contributed by atoms with Crippen molar-refractivity contribution < 1.29 is 28.6 Å². The van der Waals surface area contributed by atoms with Gasteiger partial charge < -0.3 is 14.2 Å². The summed E-state index contributed by atoms with van der Waals surface area (Å²) in [5.41, 5.74) is 0. The standard InChI is InChI=1S/C62H102O6/c1-4-7-10-13-16-19-22-25-27-28-29-30-31-32-33-34-36-37-40-43-46-49-52-55-61(64)67-58-59(57-66-60(63)54-51-48-45-42-39-24-21-18-15-12-9-6-3)68-62(65)56-53-50-47-44-41-38-35-26-23-20-17-14-11-8-5-2/h7,10,16,18-19,21,25-27,29-30,32-33,35-37,43,46,59H,4-6,8-9,11-15,17,20,22-24,28,31,34,38-42,44-45,47-58H2,1-3H3/b10-7-,19-16-,21-18-,27-25-,30-29-,33-32-,35-26-,37-36-,46-43-. The number of unbranched alkanes of at least 4 members (excludes halogenated alkanes) is 20. The summed E-state index contributed by atoms with van der Waals surface area (Å²) >= 11 is 0. The smallest absolute Gasteiger partial charge is 0.306 e. The lowest BCUT2D eigenvalue weighted by atomic mass is 10.1. The molecule has 68 heavy (non-hydrogen) atoms. The van der Waals surface area contributed by atoms with Crippen LogP contribution in [0.3, 0.4) is 0 Å². The molecule has 0 radical (unpaired) electrons. The fourth-order valence-corrected chi connectivity index (χ4v) is 7.30. The number of ether oxygens (including phenoxy) is 3. The molecule has 1 atom stereocenters. The zero-order valence-electron chi connectivity index (χ0n) is 44.1. The monoisotopic (exact) mass is 943 g/mol. The molecule has 6 nitrogen and oxygen atoms in total. The zero-order chi connectivity index (χ0) is 49.3. The average molecular weight is 943 g/mol. The van der Waals surface area contributed by atoms with Gasteiger partial charge in [0, 0.05) is 19.3 Å². The molecule has 0 saturated carbocycles. The summed E-state index contributed by atoms with van der Waals surface area (Å²) in [7, 11) is 0. The van der Waals surface area contributed by atoms with E-state index in [1.54, 1.807) is 0 Å². The molecule has 0 aliphatic carbocycles. The third kappa shape index (κ3) is 53.0. The van der Waals surface area contributed by atoms with Crippen LogP contribution < -0.4 is 0 Å². The summed E-state index contributed by atoms with van der Waals surface area (Å²) in [6.07, 6.45) is 75.1. The quantitative estimate of drug-likeness (QED) is 0.0262. The van der Waals surface area contributed by atoms with E-state index in [0.717, 1.165) is 116 Å². The summed E-state index contributed by atoms with van der Waals surface area (Å²) in [6, 6.07) is 0. The second-order valence-electron chi connectivity index (χ2n) is 18.1. The molecule has 0 heterocycles. The molecule has 0 N–H and O–H groups in total. The molecular formula is C62H102O6. The van der Waals surface area contributed by atoms with E-state index in [1.807, 2.05) is 0 Å². The molecule has 0 fully saturated rings. The topological polar surface area (TPSA) is 78.9 Å². The maximum atomic E-state index is 12.8. The Morgan fingerprint density at radius 2 is 0.588 bits per heavy atom. The van der Waals surface area contributed by atoms with Gasteiger partial charge in [0.05, 0.1) is 0 Å². The van der Waals surface area contributed by atoms with Crippen molar-refractivity contribution in [3.63, 3.8) is 0 Å². The van der Waals surface area contributed by atoms with E-state index in [2.05, 4.69) is 130 Å². The Morgan fingerprint density at radius 3 is 1.00 bits per heavy atom. The van der Waals surface area contributed by atoms with Crippen LogP contribution in [0, 0.1) is 0 Å². The molecule has 0 aromatic rings. The van der Waals surface area contributed by atoms with Gasteiger partial charge in [-0.25, -0.2) is 0 Å². The van der Waals surface area contributed by atoms with E-state index < -0.39 is 6.10 Å². The highest BCUT2D eigenvalue weighted by Crippen LogP contribution is 2.13. The Balaban J connectivity index is 4.48. The molecule has 0 aliphatic heterocycles. The number of hydrogen-bond acceptors (Lipinski definition) is 6. The predicted octanol–water partition coefficient (Wildman–Crippen LogP) is 18.7. The highest BCUT2D eigenvalue weighted by Gasteiger charge is 2.19. The Kier molecular flexibility index (Phi) is 52.4. The summed E-state index contributed by atoms with van der Waals surface area (Å²) in [5, 5.41) is 0. The minimum Gasteiger partial charge on any atom is -0.462 e. The van der Waals surface area contributed by atoms with Gasteiger partial charge in [-0.3, -0.25) is 14.4 Å². The molecule has 6 heteroatoms. The van der Waals surface area contributed by atoms with Crippen molar-refractivity contribution in [1.82, 2.24) is 0 Å². The number of allylic oxidation sites excluding steroid dienone is 18. The molecule has 0 saturated heterocycles. The van der Waals surface area contributed by atoms with E-state index >= 15 is 0 Å². The molecule has 0 amide bonds. The van der Waals surface area contributed by atoms with Gasteiger partial charge in [-0.1, -0.05) is 214 Å². The Morgan fingerprint density at radius 1 is 0.309 bits per heavy atom. The first-order valence-electron chi connectivity index (χ1n) is 27.9. The first-order chi connectivity index (χ1) is 33.5. The lowest BCUT2D eigenvalue weighted by Gasteiger charge is -2.18. The van der Waals surface area contributed by atoms with Gasteiger partial charge in [-0.15, -0.1) is 0 Å². The molecule has 0 spiro atoms. The van der Waals surface area contributed by atoms with Crippen molar-refractivity contribution in [2.24, 2.45) is 0 Å². The lowest BCUT2D eigenvalue weighted by molar-refractivity contribution is -0.167. The summed E-state index contributed by atoms with van der Waals surface area (Å²) in [5.74, 6) is -0.986. The molecule has 0 rings (SSSR count). The molecule has 0 bridgehead atoms. The third-order valence-corrected chi connectivity index (χ3v) is 11.5. The predicted molar refractivity (Wildman–Crippen MR) is 293 cm³/mol. The molecule has 1 unspecified atom stereocenters. The minimum absolute atomic E-state index is 0.105. The highest BCUT2D eigenvalue weighted by molar-refractivity contribution is 5.71. The second kappa shape index (κ2) is 55.7. The Labute approximate surface area is 419 Å². The number of esters is 3. The van der Waals surface area contributed by atoms with Crippen LogP contribution in [0.25, 0.3) is 0 Å². The van der Waals surface area contributed by atoms with Crippen molar-refractivity contribution in [2.75, 3.05) is 13.2 Å². The van der Waals surface area contributed by atoms with Crippen LogP contribution in [0.15, 0.2) is 109 Å². The number of rotatable bonds is 49. The molecular weight excluding hydrogens is 841 g/mol. The summed E-state index contributed by atoms with van der Waals surface area (Å²) < 4.78 is 16.8. The minimum atomic E-state index is -0.810. The van der Waals surface area contributed by atoms with Gasteiger partial charge in [-0.2, -0.15) is 0 Å². The Hall–Kier alpha value is -3.93. The van der Waals surface area contributed by atoms with Gasteiger partial charge in [0.1, 0.15) is 13.2 Å².